The van der Waals surface area contributed by atoms with Gasteiger partial charge in [0.25, 0.3) is 0 Å². The summed E-state index contributed by atoms with van der Waals surface area (Å²) in [5, 5.41) is 1.28. The van der Waals surface area contributed by atoms with Gasteiger partial charge in [0.2, 0.25) is 0 Å². The highest BCUT2D eigenvalue weighted by atomic mass is 15.1. The van der Waals surface area contributed by atoms with Crippen LogP contribution in [0.5, 0.6) is 0 Å². The van der Waals surface area contributed by atoms with Crippen molar-refractivity contribution in [1.82, 2.24) is 14.5 Å². The predicted molar refractivity (Wildman–Crippen MR) is 103 cm³/mol. The lowest BCUT2D eigenvalue weighted by atomic mass is 9.92. The van der Waals surface area contributed by atoms with Gasteiger partial charge >= 0.3 is 0 Å². The van der Waals surface area contributed by atoms with Crippen LogP contribution in [0.4, 0.5) is 5.69 Å². The molecule has 130 valence electrons. The standard InChI is InChI=1S/C21H26N4/c1-3-17-15-20(18-6-4-5-7-19(18)23-17)25-11-8-16(9-12-25)14-21-22-10-13-24(21)2/h4-7,10,13,15-16H,3,8-9,11-12,14H2,1-2H3. The minimum atomic E-state index is 0.732. The minimum absolute atomic E-state index is 0.732. The Kier molecular flexibility index (Phi) is 4.43. The normalized spacial score (nSPS) is 15.8. The predicted octanol–water partition coefficient (Wildman–Crippen LogP) is 3.99. The second-order valence-corrected chi connectivity index (χ2v) is 7.09. The fraction of sp³-hybridized carbons (Fsp3) is 0.429. The summed E-state index contributed by atoms with van der Waals surface area (Å²) >= 11 is 0. The molecule has 1 saturated heterocycles. The number of aryl methyl sites for hydroxylation is 2. The Bertz CT molecular complexity index is 859. The minimum Gasteiger partial charge on any atom is -0.371 e. The van der Waals surface area contributed by atoms with E-state index in [1.54, 1.807) is 0 Å². The van der Waals surface area contributed by atoms with Gasteiger partial charge in [0.05, 0.1) is 5.52 Å². The lowest BCUT2D eigenvalue weighted by Crippen LogP contribution is -2.34. The zero-order valence-corrected chi connectivity index (χ0v) is 15.2. The summed E-state index contributed by atoms with van der Waals surface area (Å²) in [4.78, 5) is 11.8. The highest BCUT2D eigenvalue weighted by Gasteiger charge is 2.22. The molecule has 4 nitrogen and oxygen atoms in total. The summed E-state index contributed by atoms with van der Waals surface area (Å²) in [7, 11) is 2.09. The summed E-state index contributed by atoms with van der Waals surface area (Å²) in [6.45, 7) is 4.42. The summed E-state index contributed by atoms with van der Waals surface area (Å²) < 4.78 is 2.15. The molecule has 1 aromatic carbocycles. The molecule has 0 N–H and O–H groups in total. The Hall–Kier alpha value is -2.36. The van der Waals surface area contributed by atoms with E-state index in [4.69, 9.17) is 4.98 Å². The van der Waals surface area contributed by atoms with Crippen LogP contribution in [0.3, 0.4) is 0 Å². The SMILES string of the molecule is CCc1cc(N2CCC(Cc3nccn3C)CC2)c2ccccc2n1. The Morgan fingerprint density at radius 1 is 1.16 bits per heavy atom. The molecule has 0 bridgehead atoms. The number of anilines is 1. The summed E-state index contributed by atoms with van der Waals surface area (Å²) in [5.74, 6) is 1.94. The van der Waals surface area contributed by atoms with Crippen LogP contribution in [-0.4, -0.2) is 27.6 Å². The molecule has 1 fully saturated rings. The van der Waals surface area contributed by atoms with Gasteiger partial charge in [0.15, 0.2) is 0 Å². The molecule has 0 amide bonds. The number of nitrogens with zero attached hydrogens (tertiary/aromatic N) is 4. The zero-order chi connectivity index (χ0) is 17.2. The lowest BCUT2D eigenvalue weighted by Gasteiger charge is -2.34. The number of piperidine rings is 1. The maximum Gasteiger partial charge on any atom is 0.108 e. The third kappa shape index (κ3) is 3.26. The van der Waals surface area contributed by atoms with Crippen LogP contribution in [0.25, 0.3) is 10.9 Å². The van der Waals surface area contributed by atoms with Crippen molar-refractivity contribution in [3.63, 3.8) is 0 Å². The van der Waals surface area contributed by atoms with E-state index in [1.807, 2.05) is 12.4 Å². The van der Waals surface area contributed by atoms with E-state index in [0.717, 1.165) is 37.4 Å². The van der Waals surface area contributed by atoms with Crippen molar-refractivity contribution < 1.29 is 0 Å². The van der Waals surface area contributed by atoms with Gasteiger partial charge < -0.3 is 9.47 Å². The number of hydrogen-bond donors (Lipinski definition) is 0. The van der Waals surface area contributed by atoms with Crippen molar-refractivity contribution in [2.75, 3.05) is 18.0 Å². The summed E-state index contributed by atoms with van der Waals surface area (Å²) in [6, 6.07) is 10.8. The molecule has 1 aliphatic rings. The smallest absolute Gasteiger partial charge is 0.108 e. The molecule has 4 rings (SSSR count). The fourth-order valence-corrected chi connectivity index (χ4v) is 3.88. The summed E-state index contributed by atoms with van der Waals surface area (Å²) in [5.41, 5.74) is 3.66. The molecule has 4 heteroatoms. The molecule has 0 atom stereocenters. The second-order valence-electron chi connectivity index (χ2n) is 7.09. The van der Waals surface area contributed by atoms with Crippen molar-refractivity contribution in [3.8, 4) is 0 Å². The maximum atomic E-state index is 4.79. The third-order valence-electron chi connectivity index (χ3n) is 5.46. The van der Waals surface area contributed by atoms with Crippen LogP contribution in [0.2, 0.25) is 0 Å². The van der Waals surface area contributed by atoms with E-state index < -0.39 is 0 Å². The van der Waals surface area contributed by atoms with Gasteiger partial charge in [-0.15, -0.1) is 0 Å². The first-order valence-corrected chi connectivity index (χ1v) is 9.34. The van der Waals surface area contributed by atoms with E-state index in [-0.39, 0.29) is 0 Å². The van der Waals surface area contributed by atoms with Crippen molar-refractivity contribution in [3.05, 3.63) is 54.2 Å². The number of imidazole rings is 1. The number of fused-ring (bicyclic) bond motifs is 1. The van der Waals surface area contributed by atoms with Crippen LogP contribution in [0.1, 0.15) is 31.3 Å². The Balaban J connectivity index is 1.52. The Labute approximate surface area is 149 Å². The van der Waals surface area contributed by atoms with Crippen LogP contribution < -0.4 is 4.90 Å². The van der Waals surface area contributed by atoms with E-state index in [1.165, 1.54) is 35.4 Å². The number of benzene rings is 1. The molecular weight excluding hydrogens is 308 g/mol. The first-order chi connectivity index (χ1) is 12.2. The topological polar surface area (TPSA) is 34.0 Å². The summed E-state index contributed by atoms with van der Waals surface area (Å²) in [6.07, 6.45) is 8.47. The molecular formula is C21H26N4. The molecule has 1 aliphatic heterocycles. The molecule has 3 heterocycles. The second kappa shape index (κ2) is 6.87. The van der Waals surface area contributed by atoms with Gasteiger partial charge in [-0.1, -0.05) is 25.1 Å². The fourth-order valence-electron chi connectivity index (χ4n) is 3.88. The van der Waals surface area contributed by atoms with Gasteiger partial charge in [-0.25, -0.2) is 4.98 Å². The van der Waals surface area contributed by atoms with Crippen molar-refractivity contribution in [2.24, 2.45) is 13.0 Å². The monoisotopic (exact) mass is 334 g/mol. The van der Waals surface area contributed by atoms with Crippen molar-refractivity contribution in [1.29, 1.82) is 0 Å². The number of aromatic nitrogens is 3. The molecule has 0 unspecified atom stereocenters. The van der Waals surface area contributed by atoms with Crippen LogP contribution in [0, 0.1) is 5.92 Å². The highest BCUT2D eigenvalue weighted by Crippen LogP contribution is 2.31. The van der Waals surface area contributed by atoms with Gasteiger partial charge in [0, 0.05) is 55.7 Å². The van der Waals surface area contributed by atoms with E-state index in [9.17, 15) is 0 Å². The highest BCUT2D eigenvalue weighted by molar-refractivity contribution is 5.92. The quantitative estimate of drug-likeness (QED) is 0.723. The van der Waals surface area contributed by atoms with E-state index in [0.29, 0.717) is 0 Å². The molecule has 0 saturated carbocycles. The van der Waals surface area contributed by atoms with Crippen LogP contribution in [-0.2, 0) is 19.9 Å². The number of para-hydroxylation sites is 1. The molecule has 25 heavy (non-hydrogen) atoms. The third-order valence-corrected chi connectivity index (χ3v) is 5.46. The van der Waals surface area contributed by atoms with Crippen molar-refractivity contribution >= 4 is 16.6 Å². The Morgan fingerprint density at radius 3 is 2.68 bits per heavy atom. The van der Waals surface area contributed by atoms with E-state index in [2.05, 4.69) is 58.8 Å². The average molecular weight is 334 g/mol. The van der Waals surface area contributed by atoms with Crippen LogP contribution >= 0.6 is 0 Å². The van der Waals surface area contributed by atoms with Gasteiger partial charge in [-0.05, 0) is 37.3 Å². The average Bonchev–Trinajstić information content (AvgIpc) is 3.06. The molecule has 3 aromatic rings. The largest absolute Gasteiger partial charge is 0.371 e. The number of rotatable bonds is 4. The zero-order valence-electron chi connectivity index (χ0n) is 15.2. The molecule has 0 aliphatic carbocycles. The van der Waals surface area contributed by atoms with Crippen LogP contribution in [0.15, 0.2) is 42.7 Å². The van der Waals surface area contributed by atoms with Gasteiger partial charge in [0.1, 0.15) is 5.82 Å². The van der Waals surface area contributed by atoms with E-state index >= 15 is 0 Å². The molecule has 0 radical (unpaired) electrons. The Morgan fingerprint density at radius 2 is 1.96 bits per heavy atom. The van der Waals surface area contributed by atoms with Gasteiger partial charge in [-0.2, -0.15) is 0 Å². The maximum absolute atomic E-state index is 4.79. The molecule has 2 aromatic heterocycles. The van der Waals surface area contributed by atoms with Gasteiger partial charge in [-0.3, -0.25) is 4.98 Å². The number of hydrogen-bond acceptors (Lipinski definition) is 3. The molecule has 0 spiro atoms. The number of pyridine rings is 1. The lowest BCUT2D eigenvalue weighted by molar-refractivity contribution is 0.394. The van der Waals surface area contributed by atoms with Crippen molar-refractivity contribution in [2.45, 2.75) is 32.6 Å². The first-order valence-electron chi connectivity index (χ1n) is 9.34. The first kappa shape index (κ1) is 16.1.